The molecule has 0 saturated carbocycles. The van der Waals surface area contributed by atoms with Crippen LogP contribution < -0.4 is 15.4 Å². The minimum atomic E-state index is -0.606. The molecular weight excluding hydrogens is 641 g/mol. The third kappa shape index (κ3) is 5.80. The van der Waals surface area contributed by atoms with Crippen molar-refractivity contribution in [2.24, 2.45) is 0 Å². The molecule has 49 heavy (non-hydrogen) atoms. The number of hydrogen-bond donors (Lipinski definition) is 1. The summed E-state index contributed by atoms with van der Waals surface area (Å²) in [6, 6.07) is 4.55. The van der Waals surface area contributed by atoms with Crippen LogP contribution in [0.4, 0.5) is 15.6 Å². The molecule has 3 aromatic rings. The minimum Gasteiger partial charge on any atom is -0.470 e. The molecule has 2 fully saturated rings. The van der Waals surface area contributed by atoms with Gasteiger partial charge in [0.2, 0.25) is 5.88 Å². The number of rotatable bonds is 4. The van der Waals surface area contributed by atoms with Crippen molar-refractivity contribution in [1.82, 2.24) is 24.9 Å². The molecule has 0 bridgehead atoms. The van der Waals surface area contributed by atoms with Gasteiger partial charge in [-0.2, -0.15) is 10.2 Å². The maximum atomic E-state index is 13.0. The van der Waals surface area contributed by atoms with Crippen LogP contribution in [-0.4, -0.2) is 87.5 Å². The van der Waals surface area contributed by atoms with Gasteiger partial charge in [0.25, 0.3) is 0 Å². The second-order valence-corrected chi connectivity index (χ2v) is 16.9. The summed E-state index contributed by atoms with van der Waals surface area (Å²) in [4.78, 5) is 30.7. The van der Waals surface area contributed by atoms with Gasteiger partial charge < -0.3 is 29.5 Å². The number of aryl methyl sites for hydroxylation is 1. The van der Waals surface area contributed by atoms with E-state index in [1.54, 1.807) is 4.90 Å². The van der Waals surface area contributed by atoms with E-state index in [0.717, 1.165) is 87.3 Å². The SMILES string of the molecule is C[C@H]1CN(C)CCCN1c1cc(O[C@@H]2CN(C(=O)OC(C)(C)C)C2(C)C)nc(-c2noc3c2CCC[C@@]32CCCc3sc(N)c(C#N)c32)n1. The number of aromatic nitrogens is 3. The zero-order valence-electron chi connectivity index (χ0n) is 29.8. The minimum absolute atomic E-state index is 0.217. The van der Waals surface area contributed by atoms with E-state index in [2.05, 4.69) is 35.0 Å². The molecule has 7 rings (SSSR count). The van der Waals surface area contributed by atoms with Gasteiger partial charge in [0, 0.05) is 35.6 Å². The fourth-order valence-electron chi connectivity index (χ4n) is 8.30. The van der Waals surface area contributed by atoms with Gasteiger partial charge in [-0.15, -0.1) is 11.3 Å². The number of fused-ring (bicyclic) bond motifs is 4. The normalized spacial score (nSPS) is 25.2. The van der Waals surface area contributed by atoms with Gasteiger partial charge >= 0.3 is 6.09 Å². The van der Waals surface area contributed by atoms with Gasteiger partial charge in [0.15, 0.2) is 17.3 Å². The molecule has 3 atom stereocenters. The topological polar surface area (TPSA) is 147 Å². The molecule has 13 heteroatoms. The molecule has 2 N–H and O–H groups in total. The maximum absolute atomic E-state index is 13.0. The summed E-state index contributed by atoms with van der Waals surface area (Å²) in [6.07, 6.45) is 5.73. The van der Waals surface area contributed by atoms with E-state index in [-0.39, 0.29) is 18.2 Å². The summed E-state index contributed by atoms with van der Waals surface area (Å²) >= 11 is 1.54. The number of likely N-dealkylation sites (tertiary alicyclic amines) is 1. The Kier molecular flexibility index (Phi) is 8.34. The number of ether oxygens (including phenoxy) is 2. The third-order valence-electron chi connectivity index (χ3n) is 10.8. The lowest BCUT2D eigenvalue weighted by molar-refractivity contribution is -0.103. The number of nitrogens with two attached hydrogens (primary N) is 1. The van der Waals surface area contributed by atoms with E-state index in [9.17, 15) is 10.1 Å². The number of carbonyl (C=O) groups excluding carboxylic acids is 1. The molecule has 2 aliphatic carbocycles. The Bertz CT molecular complexity index is 1800. The monoisotopic (exact) mass is 688 g/mol. The number of likely N-dealkylation sites (N-methyl/N-ethyl adjacent to an activating group) is 1. The molecule has 262 valence electrons. The van der Waals surface area contributed by atoms with Crippen LogP contribution in [0.5, 0.6) is 5.88 Å². The van der Waals surface area contributed by atoms with Gasteiger partial charge in [-0.1, -0.05) is 5.16 Å². The summed E-state index contributed by atoms with van der Waals surface area (Å²) in [6.45, 7) is 15.0. The van der Waals surface area contributed by atoms with Crippen molar-refractivity contribution in [3.05, 3.63) is 33.4 Å². The Morgan fingerprint density at radius 2 is 1.90 bits per heavy atom. The largest absolute Gasteiger partial charge is 0.470 e. The summed E-state index contributed by atoms with van der Waals surface area (Å²) in [5, 5.41) is 15.4. The van der Waals surface area contributed by atoms with E-state index >= 15 is 0 Å². The van der Waals surface area contributed by atoms with Crippen LogP contribution in [0.3, 0.4) is 0 Å². The first-order valence-electron chi connectivity index (χ1n) is 17.5. The van der Waals surface area contributed by atoms with Crippen molar-refractivity contribution in [2.75, 3.05) is 43.9 Å². The third-order valence-corrected chi connectivity index (χ3v) is 11.9. The molecule has 12 nitrogen and oxygen atoms in total. The van der Waals surface area contributed by atoms with E-state index < -0.39 is 16.6 Å². The number of anilines is 2. The van der Waals surface area contributed by atoms with Crippen molar-refractivity contribution >= 4 is 28.2 Å². The summed E-state index contributed by atoms with van der Waals surface area (Å²) in [5.41, 5.74) is 7.99. The van der Waals surface area contributed by atoms with Gasteiger partial charge in [0.1, 0.15) is 28.6 Å². The summed E-state index contributed by atoms with van der Waals surface area (Å²) in [7, 11) is 2.15. The second-order valence-electron chi connectivity index (χ2n) is 15.8. The molecule has 1 amide bonds. The predicted molar refractivity (Wildman–Crippen MR) is 188 cm³/mol. The number of thiophene rings is 1. The highest BCUT2D eigenvalue weighted by atomic mass is 32.1. The molecule has 5 heterocycles. The number of nitriles is 1. The molecule has 2 aliphatic heterocycles. The number of hydrogen-bond acceptors (Lipinski definition) is 12. The van der Waals surface area contributed by atoms with Crippen LogP contribution in [0.25, 0.3) is 11.5 Å². The second kappa shape index (κ2) is 12.2. The average Bonchev–Trinajstić information content (AvgIpc) is 3.56. The van der Waals surface area contributed by atoms with Crippen LogP contribution in [0.15, 0.2) is 10.6 Å². The van der Waals surface area contributed by atoms with Crippen molar-refractivity contribution in [3.63, 3.8) is 0 Å². The quantitative estimate of drug-likeness (QED) is 0.349. The Labute approximate surface area is 292 Å². The first-order chi connectivity index (χ1) is 23.2. The van der Waals surface area contributed by atoms with Crippen LogP contribution in [0.1, 0.15) is 101 Å². The lowest BCUT2D eigenvalue weighted by Gasteiger charge is -2.53. The molecule has 1 spiro atoms. The first kappa shape index (κ1) is 33.6. The number of carbonyl (C=O) groups is 1. The highest BCUT2D eigenvalue weighted by Gasteiger charge is 2.53. The zero-order chi connectivity index (χ0) is 34.9. The molecule has 2 saturated heterocycles. The Hall–Kier alpha value is -3.89. The van der Waals surface area contributed by atoms with E-state index in [1.807, 2.05) is 40.7 Å². The van der Waals surface area contributed by atoms with E-state index in [1.165, 1.54) is 16.2 Å². The fourth-order valence-corrected chi connectivity index (χ4v) is 9.46. The summed E-state index contributed by atoms with van der Waals surface area (Å²) < 4.78 is 18.6. The highest BCUT2D eigenvalue weighted by Crippen LogP contribution is 2.55. The lowest BCUT2D eigenvalue weighted by atomic mass is 9.63. The van der Waals surface area contributed by atoms with E-state index in [0.29, 0.717) is 34.5 Å². The Balaban J connectivity index is 1.27. The molecule has 4 aliphatic rings. The van der Waals surface area contributed by atoms with Crippen molar-refractivity contribution in [3.8, 4) is 23.5 Å². The standard InChI is InChI=1S/C36H48N8O4S/c1-21-19-42(7)15-10-16-43(21)26-17-27(46-25-20-44(35(25,5)6)33(45)47-34(2,3)4)40-32(39-26)29-22-11-8-13-36(30(22)48-41-29)14-9-12-24-28(36)23(18-37)31(38)49-24/h17,21,25H,8-16,19-20,38H2,1-7H3/t21-,25+,36-/m0/s1. The van der Waals surface area contributed by atoms with Crippen LogP contribution in [0, 0.1) is 11.3 Å². The molecule has 3 aromatic heterocycles. The molecule has 0 radical (unpaired) electrons. The number of amides is 1. The van der Waals surface area contributed by atoms with Crippen molar-refractivity contribution in [1.29, 1.82) is 5.26 Å². The molecule has 0 aromatic carbocycles. The average molecular weight is 689 g/mol. The fraction of sp³-hybridized carbons (Fsp3) is 0.639. The van der Waals surface area contributed by atoms with Crippen LogP contribution in [-0.2, 0) is 23.0 Å². The van der Waals surface area contributed by atoms with Gasteiger partial charge in [-0.05, 0) is 106 Å². The van der Waals surface area contributed by atoms with Crippen LogP contribution >= 0.6 is 11.3 Å². The first-order valence-corrected chi connectivity index (χ1v) is 18.4. The maximum Gasteiger partial charge on any atom is 0.410 e. The Morgan fingerprint density at radius 3 is 2.61 bits per heavy atom. The van der Waals surface area contributed by atoms with Gasteiger partial charge in [0.05, 0.1) is 23.1 Å². The smallest absolute Gasteiger partial charge is 0.410 e. The molecule has 0 unspecified atom stereocenters. The van der Waals surface area contributed by atoms with E-state index in [4.69, 9.17) is 29.7 Å². The Morgan fingerprint density at radius 1 is 1.14 bits per heavy atom. The number of nitrogen functional groups attached to an aromatic ring is 1. The highest BCUT2D eigenvalue weighted by molar-refractivity contribution is 7.16. The summed E-state index contributed by atoms with van der Waals surface area (Å²) in [5.74, 6) is 2.50. The lowest BCUT2D eigenvalue weighted by Crippen LogP contribution is -2.71. The molecular formula is C36H48N8O4S. The predicted octanol–water partition coefficient (Wildman–Crippen LogP) is 5.91. The van der Waals surface area contributed by atoms with Crippen molar-refractivity contribution in [2.45, 2.75) is 115 Å². The van der Waals surface area contributed by atoms with Crippen molar-refractivity contribution < 1.29 is 18.8 Å². The van der Waals surface area contributed by atoms with Crippen LogP contribution in [0.2, 0.25) is 0 Å². The van der Waals surface area contributed by atoms with Gasteiger partial charge in [-0.25, -0.2) is 9.78 Å². The van der Waals surface area contributed by atoms with Gasteiger partial charge in [-0.3, -0.25) is 4.90 Å². The zero-order valence-corrected chi connectivity index (χ0v) is 30.6. The number of nitrogens with zero attached hydrogens (tertiary/aromatic N) is 7.